The molecule has 0 aromatic heterocycles. The number of unbranched alkanes of at least 4 members (excludes halogenated alkanes) is 1. The Morgan fingerprint density at radius 2 is 2.19 bits per heavy atom. The lowest BCUT2D eigenvalue weighted by Crippen LogP contribution is -2.28. The van der Waals surface area contributed by atoms with Gasteiger partial charge in [-0.2, -0.15) is 0 Å². The van der Waals surface area contributed by atoms with Crippen molar-refractivity contribution in [1.29, 1.82) is 0 Å². The number of benzene rings is 1. The van der Waals surface area contributed by atoms with E-state index < -0.39 is 0 Å². The molecule has 0 fully saturated rings. The van der Waals surface area contributed by atoms with Crippen LogP contribution in [0.25, 0.3) is 0 Å². The monoisotopic (exact) mass is 395 g/mol. The lowest BCUT2D eigenvalue weighted by molar-refractivity contribution is 0.0792. The first kappa shape index (κ1) is 14.0. The highest BCUT2D eigenvalue weighted by Crippen LogP contribution is 2.19. The number of rotatable bonds is 4. The number of nitrogens with zero attached hydrogens (tertiary/aromatic N) is 1. The minimum absolute atomic E-state index is 0.0964. The summed E-state index contributed by atoms with van der Waals surface area (Å²) in [5.41, 5.74) is 0.772. The number of halogens is 2. The molecule has 0 heterocycles. The van der Waals surface area contributed by atoms with Crippen molar-refractivity contribution in [2.75, 3.05) is 13.6 Å². The summed E-state index contributed by atoms with van der Waals surface area (Å²) < 4.78 is 1.94. The SMILES string of the molecule is CCCCN(C)C(=O)c1cc(Br)ccc1I. The van der Waals surface area contributed by atoms with Crippen LogP contribution in [0.4, 0.5) is 0 Å². The second-order valence-corrected chi connectivity index (χ2v) is 5.78. The second kappa shape index (κ2) is 6.59. The van der Waals surface area contributed by atoms with Gasteiger partial charge >= 0.3 is 0 Å². The zero-order valence-corrected chi connectivity index (χ0v) is 13.2. The van der Waals surface area contributed by atoms with E-state index in [2.05, 4.69) is 45.4 Å². The standard InChI is InChI=1S/C12H15BrINO/c1-3-4-7-15(2)12(16)10-8-9(13)5-6-11(10)14/h5-6,8H,3-4,7H2,1-2H3. The van der Waals surface area contributed by atoms with Crippen molar-refractivity contribution in [1.82, 2.24) is 4.90 Å². The molecule has 1 aromatic carbocycles. The van der Waals surface area contributed by atoms with E-state index >= 15 is 0 Å². The van der Waals surface area contributed by atoms with Crippen molar-refractivity contribution < 1.29 is 4.79 Å². The number of amides is 1. The van der Waals surface area contributed by atoms with Crippen LogP contribution in [-0.4, -0.2) is 24.4 Å². The van der Waals surface area contributed by atoms with Gasteiger partial charge in [0.2, 0.25) is 0 Å². The van der Waals surface area contributed by atoms with Gasteiger partial charge in [0.1, 0.15) is 0 Å². The molecule has 1 amide bonds. The van der Waals surface area contributed by atoms with Gasteiger partial charge in [0.25, 0.3) is 5.91 Å². The summed E-state index contributed by atoms with van der Waals surface area (Å²) in [5.74, 6) is 0.0964. The first-order valence-corrected chi connectivity index (χ1v) is 7.14. The summed E-state index contributed by atoms with van der Waals surface area (Å²) in [7, 11) is 1.86. The molecule has 4 heteroatoms. The predicted octanol–water partition coefficient (Wildman–Crippen LogP) is 3.93. The van der Waals surface area contributed by atoms with Gasteiger partial charge in [-0.05, 0) is 47.2 Å². The van der Waals surface area contributed by atoms with Crippen molar-refractivity contribution in [3.05, 3.63) is 31.8 Å². The van der Waals surface area contributed by atoms with E-state index in [1.165, 1.54) is 0 Å². The molecule has 88 valence electrons. The Bertz CT molecular complexity index is 381. The van der Waals surface area contributed by atoms with E-state index in [1.54, 1.807) is 4.90 Å². The van der Waals surface area contributed by atoms with Crippen LogP contribution >= 0.6 is 38.5 Å². The van der Waals surface area contributed by atoms with E-state index in [4.69, 9.17) is 0 Å². The van der Waals surface area contributed by atoms with Gasteiger partial charge in [0.15, 0.2) is 0 Å². The summed E-state index contributed by atoms with van der Waals surface area (Å²) in [5, 5.41) is 0. The number of carbonyl (C=O) groups excluding carboxylic acids is 1. The van der Waals surface area contributed by atoms with Crippen molar-refractivity contribution in [2.24, 2.45) is 0 Å². The zero-order valence-electron chi connectivity index (χ0n) is 9.46. The molecule has 0 atom stereocenters. The third kappa shape index (κ3) is 3.73. The maximum atomic E-state index is 12.1. The third-order valence-corrected chi connectivity index (χ3v) is 3.79. The van der Waals surface area contributed by atoms with Gasteiger partial charge in [-0.3, -0.25) is 4.79 Å². The molecular weight excluding hydrogens is 381 g/mol. The minimum Gasteiger partial charge on any atom is -0.342 e. The van der Waals surface area contributed by atoms with Gasteiger partial charge in [-0.1, -0.05) is 29.3 Å². The fourth-order valence-corrected chi connectivity index (χ4v) is 2.29. The highest BCUT2D eigenvalue weighted by atomic mass is 127. The van der Waals surface area contributed by atoms with Crippen LogP contribution in [0.15, 0.2) is 22.7 Å². The van der Waals surface area contributed by atoms with Crippen LogP contribution in [0.5, 0.6) is 0 Å². The zero-order chi connectivity index (χ0) is 12.1. The van der Waals surface area contributed by atoms with E-state index in [-0.39, 0.29) is 5.91 Å². The molecule has 1 rings (SSSR count). The maximum Gasteiger partial charge on any atom is 0.254 e. The van der Waals surface area contributed by atoms with Crippen molar-refractivity contribution in [2.45, 2.75) is 19.8 Å². The van der Waals surface area contributed by atoms with Crippen LogP contribution in [0, 0.1) is 3.57 Å². The molecule has 16 heavy (non-hydrogen) atoms. The molecule has 0 bridgehead atoms. The molecule has 0 saturated carbocycles. The van der Waals surface area contributed by atoms with Crippen LogP contribution in [-0.2, 0) is 0 Å². The average molecular weight is 396 g/mol. The third-order valence-electron chi connectivity index (χ3n) is 2.35. The minimum atomic E-state index is 0.0964. The molecule has 2 nitrogen and oxygen atoms in total. The second-order valence-electron chi connectivity index (χ2n) is 3.70. The highest BCUT2D eigenvalue weighted by Gasteiger charge is 2.14. The molecule has 0 aliphatic heterocycles. The van der Waals surface area contributed by atoms with Crippen LogP contribution in [0.1, 0.15) is 30.1 Å². The number of carbonyl (C=O) groups is 1. The Labute approximate surface area is 119 Å². The molecule has 0 saturated heterocycles. The van der Waals surface area contributed by atoms with E-state index in [1.807, 2.05) is 25.2 Å². The molecule has 0 aliphatic carbocycles. The average Bonchev–Trinajstić information content (AvgIpc) is 2.28. The summed E-state index contributed by atoms with van der Waals surface area (Å²) in [4.78, 5) is 13.9. The molecule has 0 spiro atoms. The van der Waals surface area contributed by atoms with Crippen molar-refractivity contribution >= 4 is 44.4 Å². The van der Waals surface area contributed by atoms with E-state index in [9.17, 15) is 4.79 Å². The maximum absolute atomic E-state index is 12.1. The number of hydrogen-bond acceptors (Lipinski definition) is 1. The summed E-state index contributed by atoms with van der Waals surface area (Å²) in [6.07, 6.45) is 2.15. The lowest BCUT2D eigenvalue weighted by atomic mass is 10.2. The Balaban J connectivity index is 2.83. The lowest BCUT2D eigenvalue weighted by Gasteiger charge is -2.17. The summed E-state index contributed by atoms with van der Waals surface area (Å²) in [6, 6.07) is 5.78. The van der Waals surface area contributed by atoms with Gasteiger partial charge in [0.05, 0.1) is 5.56 Å². The molecular formula is C12H15BrINO. The Hall–Kier alpha value is -0.100. The van der Waals surface area contributed by atoms with Gasteiger partial charge < -0.3 is 4.90 Å². The van der Waals surface area contributed by atoms with Gasteiger partial charge in [0, 0.05) is 21.6 Å². The first-order valence-electron chi connectivity index (χ1n) is 5.26. The summed E-state index contributed by atoms with van der Waals surface area (Å²) in [6.45, 7) is 2.94. The van der Waals surface area contributed by atoms with Crippen LogP contribution in [0.2, 0.25) is 0 Å². The van der Waals surface area contributed by atoms with E-state index in [0.29, 0.717) is 0 Å². The van der Waals surface area contributed by atoms with Crippen LogP contribution < -0.4 is 0 Å². The fraction of sp³-hybridized carbons (Fsp3) is 0.417. The first-order chi connectivity index (χ1) is 7.56. The number of hydrogen-bond donors (Lipinski definition) is 0. The largest absolute Gasteiger partial charge is 0.342 e. The Morgan fingerprint density at radius 1 is 1.50 bits per heavy atom. The normalized spacial score (nSPS) is 10.2. The van der Waals surface area contributed by atoms with Crippen molar-refractivity contribution in [3.8, 4) is 0 Å². The van der Waals surface area contributed by atoms with Crippen LogP contribution in [0.3, 0.4) is 0 Å². The molecule has 0 radical (unpaired) electrons. The summed E-state index contributed by atoms with van der Waals surface area (Å²) >= 11 is 5.59. The smallest absolute Gasteiger partial charge is 0.254 e. The predicted molar refractivity (Wildman–Crippen MR) is 78.7 cm³/mol. The quantitative estimate of drug-likeness (QED) is 0.707. The van der Waals surface area contributed by atoms with Gasteiger partial charge in [-0.15, -0.1) is 0 Å². The van der Waals surface area contributed by atoms with Gasteiger partial charge in [-0.25, -0.2) is 0 Å². The molecule has 0 N–H and O–H groups in total. The molecule has 1 aromatic rings. The topological polar surface area (TPSA) is 20.3 Å². The molecule has 0 unspecified atom stereocenters. The van der Waals surface area contributed by atoms with Crippen molar-refractivity contribution in [3.63, 3.8) is 0 Å². The molecule has 0 aliphatic rings. The van der Waals surface area contributed by atoms with E-state index in [0.717, 1.165) is 33.0 Å². The Morgan fingerprint density at radius 3 is 2.81 bits per heavy atom. The fourth-order valence-electron chi connectivity index (χ4n) is 1.36. The highest BCUT2D eigenvalue weighted by molar-refractivity contribution is 14.1. The Kier molecular flexibility index (Phi) is 5.75.